The van der Waals surface area contributed by atoms with Crippen molar-refractivity contribution in [3.05, 3.63) is 36.7 Å². The number of carbonyl (C=O) groups excluding carboxylic acids is 1. The van der Waals surface area contributed by atoms with Crippen molar-refractivity contribution in [1.29, 1.82) is 0 Å². The Hall–Kier alpha value is -1.98. The molecule has 0 bridgehead atoms. The Bertz CT molecular complexity index is 618. The molecule has 3 rings (SSSR count). The molecule has 1 amide bonds. The van der Waals surface area contributed by atoms with Gasteiger partial charge in [-0.2, -0.15) is 0 Å². The first-order valence-corrected chi connectivity index (χ1v) is 7.28. The summed E-state index contributed by atoms with van der Waals surface area (Å²) in [5, 5.41) is 8.18. The van der Waals surface area contributed by atoms with E-state index in [-0.39, 0.29) is 18.6 Å². The molecular formula is C16H19N3O2. The highest BCUT2D eigenvalue weighted by atomic mass is 16.5. The van der Waals surface area contributed by atoms with Crippen molar-refractivity contribution >= 4 is 22.4 Å². The van der Waals surface area contributed by atoms with Crippen molar-refractivity contribution in [3.8, 4) is 0 Å². The summed E-state index contributed by atoms with van der Waals surface area (Å²) in [6.45, 7) is 2.02. The van der Waals surface area contributed by atoms with Crippen LogP contribution in [-0.2, 0) is 9.53 Å². The number of ether oxygens (including phenoxy) is 1. The van der Waals surface area contributed by atoms with Crippen LogP contribution in [0.1, 0.15) is 12.8 Å². The Morgan fingerprint density at radius 1 is 1.33 bits per heavy atom. The summed E-state index contributed by atoms with van der Waals surface area (Å²) in [6, 6.07) is 7.73. The zero-order valence-electron chi connectivity index (χ0n) is 11.8. The highest BCUT2D eigenvalue weighted by Gasteiger charge is 2.15. The molecule has 1 saturated heterocycles. The third-order valence-corrected chi connectivity index (χ3v) is 3.69. The van der Waals surface area contributed by atoms with Gasteiger partial charge in [-0.15, -0.1) is 0 Å². The van der Waals surface area contributed by atoms with Gasteiger partial charge in [0.15, 0.2) is 0 Å². The van der Waals surface area contributed by atoms with E-state index in [1.807, 2.05) is 24.3 Å². The fourth-order valence-electron chi connectivity index (χ4n) is 2.56. The van der Waals surface area contributed by atoms with Gasteiger partial charge in [-0.3, -0.25) is 9.78 Å². The molecule has 1 fully saturated rings. The summed E-state index contributed by atoms with van der Waals surface area (Å²) in [5.74, 6) is -0.120. The molecule has 0 unspecified atom stereocenters. The number of rotatable bonds is 4. The van der Waals surface area contributed by atoms with Crippen LogP contribution in [0.2, 0.25) is 0 Å². The van der Waals surface area contributed by atoms with Crippen LogP contribution < -0.4 is 10.6 Å². The second kappa shape index (κ2) is 6.65. The van der Waals surface area contributed by atoms with Crippen molar-refractivity contribution in [3.63, 3.8) is 0 Å². The number of benzene rings is 1. The zero-order valence-corrected chi connectivity index (χ0v) is 11.8. The number of piperidine rings is 1. The number of nitrogens with zero attached hydrogens (tertiary/aromatic N) is 1. The Morgan fingerprint density at radius 2 is 2.19 bits per heavy atom. The lowest BCUT2D eigenvalue weighted by atomic mass is 10.1. The van der Waals surface area contributed by atoms with Crippen LogP contribution >= 0.6 is 0 Å². The van der Waals surface area contributed by atoms with Gasteiger partial charge in [0, 0.05) is 17.8 Å². The maximum absolute atomic E-state index is 12.0. The van der Waals surface area contributed by atoms with Crippen LogP contribution in [0.3, 0.4) is 0 Å². The molecule has 2 aromatic rings. The average molecular weight is 285 g/mol. The number of fused-ring (bicyclic) bond motifs is 1. The number of hydrogen-bond donors (Lipinski definition) is 2. The van der Waals surface area contributed by atoms with Crippen LogP contribution in [-0.4, -0.2) is 36.7 Å². The molecule has 110 valence electrons. The summed E-state index contributed by atoms with van der Waals surface area (Å²) in [7, 11) is 0. The Kier molecular flexibility index (Phi) is 4.43. The topological polar surface area (TPSA) is 63.2 Å². The lowest BCUT2D eigenvalue weighted by Gasteiger charge is -2.22. The predicted octanol–water partition coefficient (Wildman–Crippen LogP) is 1.94. The molecule has 2 N–H and O–H groups in total. The number of carbonyl (C=O) groups is 1. The second-order valence-electron chi connectivity index (χ2n) is 5.21. The van der Waals surface area contributed by atoms with Crippen LogP contribution in [0, 0.1) is 0 Å². The van der Waals surface area contributed by atoms with Crippen LogP contribution in [0.25, 0.3) is 10.8 Å². The molecule has 1 aliphatic heterocycles. The van der Waals surface area contributed by atoms with Crippen LogP contribution in [0.15, 0.2) is 36.7 Å². The smallest absolute Gasteiger partial charge is 0.250 e. The predicted molar refractivity (Wildman–Crippen MR) is 82.2 cm³/mol. The molecule has 0 radical (unpaired) electrons. The Morgan fingerprint density at radius 3 is 3.05 bits per heavy atom. The summed E-state index contributed by atoms with van der Waals surface area (Å²) >= 11 is 0. The number of anilines is 1. The van der Waals surface area contributed by atoms with Gasteiger partial charge in [0.05, 0.1) is 11.8 Å². The quantitative estimate of drug-likeness (QED) is 0.901. The minimum absolute atomic E-state index is 0.0985. The third kappa shape index (κ3) is 3.56. The van der Waals surface area contributed by atoms with Gasteiger partial charge in [0.25, 0.3) is 0 Å². The highest BCUT2D eigenvalue weighted by molar-refractivity contribution is 6.02. The first kappa shape index (κ1) is 14.0. The fourth-order valence-corrected chi connectivity index (χ4v) is 2.56. The van der Waals surface area contributed by atoms with Crippen molar-refractivity contribution in [2.45, 2.75) is 18.9 Å². The van der Waals surface area contributed by atoms with Crippen molar-refractivity contribution in [1.82, 2.24) is 10.3 Å². The minimum Gasteiger partial charge on any atom is -0.368 e. The third-order valence-electron chi connectivity index (χ3n) is 3.69. The molecule has 0 saturated carbocycles. The summed E-state index contributed by atoms with van der Waals surface area (Å²) in [6.07, 6.45) is 5.62. The first-order valence-electron chi connectivity index (χ1n) is 7.28. The van der Waals surface area contributed by atoms with Crippen molar-refractivity contribution in [2.75, 3.05) is 25.0 Å². The first-order chi connectivity index (χ1) is 10.3. The van der Waals surface area contributed by atoms with E-state index in [0.717, 1.165) is 42.4 Å². The van der Waals surface area contributed by atoms with E-state index in [1.165, 1.54) is 0 Å². The molecule has 0 atom stereocenters. The molecule has 1 aliphatic rings. The number of hydrogen-bond acceptors (Lipinski definition) is 4. The van der Waals surface area contributed by atoms with E-state index < -0.39 is 0 Å². The molecule has 0 spiro atoms. The number of aromatic nitrogens is 1. The second-order valence-corrected chi connectivity index (χ2v) is 5.21. The lowest BCUT2D eigenvalue weighted by molar-refractivity contribution is -0.123. The zero-order chi connectivity index (χ0) is 14.5. The van der Waals surface area contributed by atoms with Crippen molar-refractivity contribution in [2.24, 2.45) is 0 Å². The molecule has 5 nitrogen and oxygen atoms in total. The molecule has 21 heavy (non-hydrogen) atoms. The van der Waals surface area contributed by atoms with E-state index >= 15 is 0 Å². The largest absolute Gasteiger partial charge is 0.368 e. The number of amides is 1. The van der Waals surface area contributed by atoms with E-state index in [1.54, 1.807) is 12.4 Å². The van der Waals surface area contributed by atoms with Crippen LogP contribution in [0.5, 0.6) is 0 Å². The van der Waals surface area contributed by atoms with Gasteiger partial charge >= 0.3 is 0 Å². The Labute approximate surface area is 123 Å². The summed E-state index contributed by atoms with van der Waals surface area (Å²) in [4.78, 5) is 16.1. The summed E-state index contributed by atoms with van der Waals surface area (Å²) < 4.78 is 5.66. The minimum atomic E-state index is -0.120. The lowest BCUT2D eigenvalue weighted by Crippen LogP contribution is -2.34. The van der Waals surface area contributed by atoms with Gasteiger partial charge < -0.3 is 15.4 Å². The molecule has 1 aromatic heterocycles. The molecule has 2 heterocycles. The Balaban J connectivity index is 1.61. The average Bonchev–Trinajstić information content (AvgIpc) is 2.54. The van der Waals surface area contributed by atoms with E-state index in [9.17, 15) is 4.79 Å². The van der Waals surface area contributed by atoms with Gasteiger partial charge in [-0.25, -0.2) is 0 Å². The van der Waals surface area contributed by atoms with Crippen LogP contribution in [0.4, 0.5) is 5.69 Å². The molecule has 5 heteroatoms. The SMILES string of the molecule is O=C(COC1CCNCC1)Nc1cccc2ccncc12. The van der Waals surface area contributed by atoms with E-state index in [2.05, 4.69) is 15.6 Å². The van der Waals surface area contributed by atoms with Gasteiger partial charge in [0.2, 0.25) is 5.91 Å². The van der Waals surface area contributed by atoms with Gasteiger partial charge in [0.1, 0.15) is 6.61 Å². The standard InChI is InChI=1S/C16H19N3O2/c20-16(11-21-13-5-8-17-9-6-13)19-15-3-1-2-12-4-7-18-10-14(12)15/h1-4,7,10,13,17H,5-6,8-9,11H2,(H,19,20). The van der Waals surface area contributed by atoms with Gasteiger partial charge in [-0.1, -0.05) is 12.1 Å². The maximum Gasteiger partial charge on any atom is 0.250 e. The number of pyridine rings is 1. The highest BCUT2D eigenvalue weighted by Crippen LogP contribution is 2.21. The normalized spacial score (nSPS) is 16.0. The van der Waals surface area contributed by atoms with Crippen molar-refractivity contribution < 1.29 is 9.53 Å². The molecule has 1 aromatic carbocycles. The van der Waals surface area contributed by atoms with E-state index in [4.69, 9.17) is 4.74 Å². The fraction of sp³-hybridized carbons (Fsp3) is 0.375. The van der Waals surface area contributed by atoms with Gasteiger partial charge in [-0.05, 0) is 43.5 Å². The monoisotopic (exact) mass is 285 g/mol. The number of nitrogens with one attached hydrogen (secondary N) is 2. The molecular weight excluding hydrogens is 266 g/mol. The molecule has 0 aliphatic carbocycles. The maximum atomic E-state index is 12.0. The van der Waals surface area contributed by atoms with E-state index in [0.29, 0.717) is 0 Å². The summed E-state index contributed by atoms with van der Waals surface area (Å²) in [5.41, 5.74) is 0.777.